The largest absolute Gasteiger partial charge is 0.494 e. The Morgan fingerprint density at radius 3 is 2.68 bits per heavy atom. The number of nitrogens with zero attached hydrogens (tertiary/aromatic N) is 4. The van der Waals surface area contributed by atoms with Crippen LogP contribution in [0.1, 0.15) is 28.8 Å². The Kier molecular flexibility index (Phi) is 5.97. The van der Waals surface area contributed by atoms with Crippen LogP contribution >= 0.6 is 23.1 Å². The van der Waals surface area contributed by atoms with E-state index in [0.717, 1.165) is 33.4 Å². The standard InChI is InChI=1S/C25H23N5O2S2/c1-4-32-19-9-7-18(8-10-19)29-15(2)12-17(16(29)3)13-21-23(26)30-25(27-24(21)31)34-22(28-30)14-20-6-5-11-33-20/h5-13,26H,4,14H2,1-3H3/b21-13+,26-23?. The number of aryl methyl sites for hydroxylation is 1. The van der Waals surface area contributed by atoms with Crippen molar-refractivity contribution in [2.24, 2.45) is 10.1 Å². The highest BCUT2D eigenvalue weighted by molar-refractivity contribution is 8.27. The van der Waals surface area contributed by atoms with E-state index in [9.17, 15) is 4.79 Å². The number of thiophene rings is 1. The van der Waals surface area contributed by atoms with Crippen LogP contribution in [0.25, 0.3) is 11.8 Å². The molecule has 2 aromatic heterocycles. The summed E-state index contributed by atoms with van der Waals surface area (Å²) in [7, 11) is 0. The molecule has 0 saturated carbocycles. The molecule has 2 aliphatic rings. The molecule has 5 rings (SSSR count). The van der Waals surface area contributed by atoms with Crippen molar-refractivity contribution in [3.63, 3.8) is 0 Å². The lowest BCUT2D eigenvalue weighted by molar-refractivity contribution is -0.114. The number of carbonyl (C=O) groups excluding carboxylic acids is 1. The average molecular weight is 490 g/mol. The number of nitrogens with one attached hydrogen (secondary N) is 1. The Bertz CT molecular complexity index is 1360. The van der Waals surface area contributed by atoms with Gasteiger partial charge in [0.1, 0.15) is 10.8 Å². The minimum Gasteiger partial charge on any atom is -0.494 e. The maximum atomic E-state index is 12.8. The average Bonchev–Trinajstić information content (AvgIpc) is 3.53. The molecular formula is C25H23N5O2S2. The summed E-state index contributed by atoms with van der Waals surface area (Å²) in [6.07, 6.45) is 2.41. The number of amidine groups is 2. The van der Waals surface area contributed by atoms with Crippen LogP contribution in [-0.2, 0) is 11.2 Å². The van der Waals surface area contributed by atoms with Gasteiger partial charge in [-0.15, -0.1) is 11.3 Å². The number of aromatic nitrogens is 1. The summed E-state index contributed by atoms with van der Waals surface area (Å²) in [4.78, 5) is 18.2. The third kappa shape index (κ3) is 4.12. The van der Waals surface area contributed by atoms with Gasteiger partial charge in [-0.2, -0.15) is 15.1 Å². The minimum atomic E-state index is -0.415. The number of hydrogen-bond donors (Lipinski definition) is 1. The van der Waals surface area contributed by atoms with E-state index in [2.05, 4.69) is 20.7 Å². The lowest BCUT2D eigenvalue weighted by atomic mass is 10.1. The van der Waals surface area contributed by atoms with Gasteiger partial charge in [0.2, 0.25) is 5.17 Å². The van der Waals surface area contributed by atoms with E-state index in [4.69, 9.17) is 10.1 Å². The second kappa shape index (κ2) is 9.08. The summed E-state index contributed by atoms with van der Waals surface area (Å²) in [5.74, 6) is 0.463. The molecule has 0 spiro atoms. The topological polar surface area (TPSA) is 83.0 Å². The third-order valence-corrected chi connectivity index (χ3v) is 7.36. The number of thioether (sulfide) groups is 1. The minimum absolute atomic E-state index is 0.0505. The molecule has 9 heteroatoms. The Morgan fingerprint density at radius 2 is 1.97 bits per heavy atom. The Balaban J connectivity index is 1.44. The van der Waals surface area contributed by atoms with Crippen LogP contribution in [0, 0.1) is 19.3 Å². The van der Waals surface area contributed by atoms with E-state index in [1.165, 1.54) is 21.6 Å². The van der Waals surface area contributed by atoms with Crippen molar-refractivity contribution < 1.29 is 9.53 Å². The predicted octanol–water partition coefficient (Wildman–Crippen LogP) is 5.42. The molecule has 0 aliphatic carbocycles. The molecule has 1 N–H and O–H groups in total. The molecule has 34 heavy (non-hydrogen) atoms. The van der Waals surface area contributed by atoms with E-state index < -0.39 is 5.91 Å². The van der Waals surface area contributed by atoms with Gasteiger partial charge in [0.15, 0.2) is 5.84 Å². The fourth-order valence-electron chi connectivity index (χ4n) is 4.01. The molecule has 3 aromatic rings. The number of ether oxygens (including phenoxy) is 1. The quantitative estimate of drug-likeness (QED) is 0.469. The predicted molar refractivity (Wildman–Crippen MR) is 139 cm³/mol. The SMILES string of the molecule is CCOc1ccc(-n2c(C)cc(/C=C3\C(=N)N4N=C(Cc5cccs5)SC4=NC3=O)c2C)cc1. The van der Waals surface area contributed by atoms with Crippen LogP contribution in [0.15, 0.2) is 63.5 Å². The van der Waals surface area contributed by atoms with Gasteiger partial charge < -0.3 is 9.30 Å². The zero-order valence-corrected chi connectivity index (χ0v) is 20.7. The molecule has 1 aromatic carbocycles. The number of hydrazone groups is 1. The molecule has 0 bridgehead atoms. The van der Waals surface area contributed by atoms with Crippen LogP contribution in [-0.4, -0.2) is 38.1 Å². The van der Waals surface area contributed by atoms with Gasteiger partial charge in [-0.25, -0.2) is 0 Å². The second-order valence-electron chi connectivity index (χ2n) is 7.86. The number of carbonyl (C=O) groups is 1. The summed E-state index contributed by atoms with van der Waals surface area (Å²) in [5.41, 5.74) is 4.11. The van der Waals surface area contributed by atoms with Crippen LogP contribution in [0.3, 0.4) is 0 Å². The fraction of sp³-hybridized carbons (Fsp3) is 0.200. The van der Waals surface area contributed by atoms with Crippen molar-refractivity contribution in [3.8, 4) is 11.4 Å². The van der Waals surface area contributed by atoms with Crippen molar-refractivity contribution in [1.29, 1.82) is 5.41 Å². The monoisotopic (exact) mass is 489 g/mol. The van der Waals surface area contributed by atoms with Gasteiger partial charge in [-0.05, 0) is 86.0 Å². The zero-order chi connectivity index (χ0) is 23.8. The molecule has 0 unspecified atom stereocenters. The van der Waals surface area contributed by atoms with Crippen LogP contribution in [0.5, 0.6) is 5.75 Å². The molecule has 2 aliphatic heterocycles. The Hall–Kier alpha value is -3.43. The van der Waals surface area contributed by atoms with Gasteiger partial charge in [-0.3, -0.25) is 10.2 Å². The van der Waals surface area contributed by atoms with E-state index in [0.29, 0.717) is 18.2 Å². The van der Waals surface area contributed by atoms with E-state index in [1.807, 2.05) is 62.5 Å². The second-order valence-corrected chi connectivity index (χ2v) is 9.93. The molecule has 172 valence electrons. The lowest BCUT2D eigenvalue weighted by Gasteiger charge is -2.20. The molecule has 0 atom stereocenters. The first-order chi connectivity index (χ1) is 16.4. The molecule has 0 radical (unpaired) electrons. The first kappa shape index (κ1) is 22.4. The van der Waals surface area contributed by atoms with Crippen molar-refractivity contribution in [1.82, 2.24) is 9.58 Å². The molecular weight excluding hydrogens is 466 g/mol. The number of hydrogen-bond acceptors (Lipinski definition) is 6. The van der Waals surface area contributed by atoms with Crippen molar-refractivity contribution in [2.45, 2.75) is 27.2 Å². The van der Waals surface area contributed by atoms with Gasteiger partial charge in [0.05, 0.1) is 12.2 Å². The number of aliphatic imine (C=N–C) groups is 1. The smallest absolute Gasteiger partial charge is 0.283 e. The summed E-state index contributed by atoms with van der Waals surface area (Å²) >= 11 is 3.01. The fourth-order valence-corrected chi connectivity index (χ4v) is 5.72. The van der Waals surface area contributed by atoms with Gasteiger partial charge in [-0.1, -0.05) is 6.07 Å². The highest BCUT2D eigenvalue weighted by Gasteiger charge is 2.35. The van der Waals surface area contributed by atoms with E-state index in [1.54, 1.807) is 17.4 Å². The first-order valence-corrected chi connectivity index (χ1v) is 12.6. The van der Waals surface area contributed by atoms with E-state index >= 15 is 0 Å². The maximum absolute atomic E-state index is 12.8. The first-order valence-electron chi connectivity index (χ1n) is 10.9. The van der Waals surface area contributed by atoms with Crippen LogP contribution in [0.2, 0.25) is 0 Å². The van der Waals surface area contributed by atoms with Gasteiger partial charge in [0.25, 0.3) is 5.91 Å². The summed E-state index contributed by atoms with van der Waals surface area (Å²) in [6.45, 7) is 6.61. The zero-order valence-electron chi connectivity index (χ0n) is 19.0. The maximum Gasteiger partial charge on any atom is 0.283 e. The number of fused-ring (bicyclic) bond motifs is 1. The van der Waals surface area contributed by atoms with Crippen molar-refractivity contribution >= 4 is 51.1 Å². The highest BCUT2D eigenvalue weighted by Crippen LogP contribution is 2.31. The summed E-state index contributed by atoms with van der Waals surface area (Å²) in [5, 5.41) is 18.0. The van der Waals surface area contributed by atoms with Crippen LogP contribution < -0.4 is 4.74 Å². The molecule has 0 fully saturated rings. The van der Waals surface area contributed by atoms with Gasteiger partial charge in [0, 0.05) is 28.4 Å². The molecule has 1 amide bonds. The van der Waals surface area contributed by atoms with Crippen molar-refractivity contribution in [3.05, 3.63) is 75.2 Å². The number of rotatable bonds is 6. The van der Waals surface area contributed by atoms with Crippen LogP contribution in [0.4, 0.5) is 0 Å². The molecule has 7 nitrogen and oxygen atoms in total. The van der Waals surface area contributed by atoms with Gasteiger partial charge >= 0.3 is 0 Å². The number of amides is 1. The summed E-state index contributed by atoms with van der Waals surface area (Å²) in [6, 6.07) is 14.0. The lowest BCUT2D eigenvalue weighted by Crippen LogP contribution is -2.35. The normalized spacial score (nSPS) is 16.7. The molecule has 0 saturated heterocycles. The number of benzene rings is 1. The summed E-state index contributed by atoms with van der Waals surface area (Å²) < 4.78 is 7.67. The molecule has 4 heterocycles. The Morgan fingerprint density at radius 1 is 1.18 bits per heavy atom. The highest BCUT2D eigenvalue weighted by atomic mass is 32.2. The Labute approximate surface area is 206 Å². The van der Waals surface area contributed by atoms with Crippen molar-refractivity contribution in [2.75, 3.05) is 6.61 Å². The third-order valence-electron chi connectivity index (χ3n) is 5.58. The van der Waals surface area contributed by atoms with E-state index in [-0.39, 0.29) is 11.4 Å².